The first-order valence-corrected chi connectivity index (χ1v) is 13.1. The van der Waals surface area contributed by atoms with Crippen molar-refractivity contribution in [3.05, 3.63) is 102 Å². The molecule has 42 heavy (non-hydrogen) atoms. The first-order chi connectivity index (χ1) is 20.3. The fraction of sp³-hybridized carbons (Fsp3) is 0.219. The third-order valence-corrected chi connectivity index (χ3v) is 6.22. The topological polar surface area (TPSA) is 118 Å². The Hall–Kier alpha value is -4.96. The van der Waals surface area contributed by atoms with Crippen LogP contribution in [0.1, 0.15) is 34.1 Å². The Morgan fingerprint density at radius 3 is 2.10 bits per heavy atom. The van der Waals surface area contributed by atoms with Crippen LogP contribution >= 0.6 is 0 Å². The van der Waals surface area contributed by atoms with Gasteiger partial charge in [-0.3, -0.25) is 0 Å². The number of benzene rings is 3. The lowest BCUT2D eigenvalue weighted by molar-refractivity contribution is -0.140. The van der Waals surface area contributed by atoms with E-state index in [1.165, 1.54) is 6.07 Å². The molecule has 1 N–H and O–H groups in total. The van der Waals surface area contributed by atoms with E-state index in [9.17, 15) is 14.4 Å². The maximum atomic E-state index is 15.4. The molecule has 0 aliphatic heterocycles. The van der Waals surface area contributed by atoms with E-state index in [0.29, 0.717) is 40.2 Å². The molecule has 9 nitrogen and oxygen atoms in total. The smallest absolute Gasteiger partial charge is 0.343 e. The molecular weight excluding hydrogens is 547 g/mol. The summed E-state index contributed by atoms with van der Waals surface area (Å²) in [6.07, 6.45) is 0.0443. The van der Waals surface area contributed by atoms with E-state index in [2.05, 4.69) is 13.2 Å². The number of aliphatic hydroxyl groups excluding tert-OH is 1. The number of alkyl halides is 1. The molecule has 3 aromatic carbocycles. The van der Waals surface area contributed by atoms with Crippen LogP contribution in [0.4, 0.5) is 4.39 Å². The van der Waals surface area contributed by atoms with Gasteiger partial charge in [-0.2, -0.15) is 0 Å². The molecule has 1 aliphatic rings. The first-order valence-electron chi connectivity index (χ1n) is 13.1. The summed E-state index contributed by atoms with van der Waals surface area (Å²) in [5.41, 5.74) is 2.47. The van der Waals surface area contributed by atoms with E-state index in [-0.39, 0.29) is 43.3 Å². The SMILES string of the molecule is C=CC(=O)OCCOc1ccc2c(c1)C(F)c1cc(OC(=O)c3ccc(OCCCOC(=O)C(=C)CO)cc3)ccc1-2. The highest BCUT2D eigenvalue weighted by Gasteiger charge is 2.30. The Morgan fingerprint density at radius 1 is 0.810 bits per heavy atom. The van der Waals surface area contributed by atoms with Gasteiger partial charge in [-0.1, -0.05) is 25.3 Å². The highest BCUT2D eigenvalue weighted by Crippen LogP contribution is 2.47. The van der Waals surface area contributed by atoms with Crippen molar-refractivity contribution < 1.29 is 47.6 Å². The quantitative estimate of drug-likeness (QED) is 0.124. The highest BCUT2D eigenvalue weighted by atomic mass is 19.1. The number of hydrogen-bond acceptors (Lipinski definition) is 9. The van der Waals surface area contributed by atoms with Gasteiger partial charge in [-0.25, -0.2) is 18.8 Å². The molecule has 1 unspecified atom stereocenters. The molecule has 1 atom stereocenters. The monoisotopic (exact) mass is 576 g/mol. The van der Waals surface area contributed by atoms with Crippen molar-refractivity contribution in [1.82, 2.24) is 0 Å². The van der Waals surface area contributed by atoms with Gasteiger partial charge < -0.3 is 28.8 Å². The maximum Gasteiger partial charge on any atom is 0.343 e. The van der Waals surface area contributed by atoms with Gasteiger partial charge in [0.1, 0.15) is 30.5 Å². The summed E-state index contributed by atoms with van der Waals surface area (Å²) in [4.78, 5) is 35.3. The second-order valence-corrected chi connectivity index (χ2v) is 9.09. The molecular formula is C32H29FO9. The molecule has 0 fully saturated rings. The van der Waals surface area contributed by atoms with Crippen molar-refractivity contribution in [3.8, 4) is 28.4 Å². The number of carbonyl (C=O) groups excluding carboxylic acids is 3. The van der Waals surface area contributed by atoms with Crippen LogP contribution in [0.15, 0.2) is 85.5 Å². The average molecular weight is 577 g/mol. The third-order valence-electron chi connectivity index (χ3n) is 6.22. The predicted octanol–water partition coefficient (Wildman–Crippen LogP) is 4.91. The molecule has 0 saturated carbocycles. The molecule has 0 heterocycles. The van der Waals surface area contributed by atoms with Crippen molar-refractivity contribution >= 4 is 17.9 Å². The Labute approximate surface area is 241 Å². The molecule has 1 aliphatic carbocycles. The molecule has 4 rings (SSSR count). The highest BCUT2D eigenvalue weighted by molar-refractivity contribution is 5.91. The summed E-state index contributed by atoms with van der Waals surface area (Å²) in [7, 11) is 0. The zero-order chi connectivity index (χ0) is 30.1. The number of hydrogen-bond donors (Lipinski definition) is 1. The lowest BCUT2D eigenvalue weighted by Gasteiger charge is -2.09. The van der Waals surface area contributed by atoms with Crippen LogP contribution in [-0.2, 0) is 19.1 Å². The van der Waals surface area contributed by atoms with E-state index in [1.54, 1.807) is 54.6 Å². The van der Waals surface area contributed by atoms with Crippen LogP contribution in [0.2, 0.25) is 0 Å². The summed E-state index contributed by atoms with van der Waals surface area (Å²) >= 11 is 0. The minimum Gasteiger partial charge on any atom is -0.493 e. The van der Waals surface area contributed by atoms with E-state index >= 15 is 4.39 Å². The van der Waals surface area contributed by atoms with Gasteiger partial charge in [0, 0.05) is 23.6 Å². The molecule has 218 valence electrons. The zero-order valence-corrected chi connectivity index (χ0v) is 22.7. The van der Waals surface area contributed by atoms with E-state index in [0.717, 1.165) is 6.08 Å². The fourth-order valence-corrected chi connectivity index (χ4v) is 4.11. The van der Waals surface area contributed by atoms with Gasteiger partial charge in [-0.15, -0.1) is 0 Å². The lowest BCUT2D eigenvalue weighted by atomic mass is 10.1. The van der Waals surface area contributed by atoms with Gasteiger partial charge in [-0.05, 0) is 59.7 Å². The van der Waals surface area contributed by atoms with Gasteiger partial charge in [0.05, 0.1) is 31.0 Å². The molecule has 10 heteroatoms. The standard InChI is InChI=1S/C32H29FO9/c1-3-29(35)40-16-15-39-23-9-11-25-26-12-10-24(18-28(26)30(33)27(25)17-23)42-32(37)21-5-7-22(8-6-21)38-13-4-14-41-31(36)20(2)19-34/h3,5-12,17-18,30,34H,1-2,4,13-16,19H2. The normalized spacial score (nSPS) is 12.9. The number of rotatable bonds is 14. The number of carbonyl (C=O) groups is 3. The van der Waals surface area contributed by atoms with Crippen LogP contribution in [0, 0.1) is 0 Å². The summed E-state index contributed by atoms with van der Waals surface area (Å²) < 4.78 is 41.9. The molecule has 0 amide bonds. The van der Waals surface area contributed by atoms with Gasteiger partial charge in [0.2, 0.25) is 0 Å². The van der Waals surface area contributed by atoms with Crippen molar-refractivity contribution in [2.45, 2.75) is 12.6 Å². The molecule has 0 spiro atoms. The van der Waals surface area contributed by atoms with Crippen LogP contribution in [0.5, 0.6) is 17.2 Å². The van der Waals surface area contributed by atoms with Crippen molar-refractivity contribution in [3.63, 3.8) is 0 Å². The summed E-state index contributed by atoms with van der Waals surface area (Å²) in [5, 5.41) is 8.85. The Kier molecular flexibility index (Phi) is 10.1. The van der Waals surface area contributed by atoms with E-state index < -0.39 is 30.7 Å². The Morgan fingerprint density at radius 2 is 1.43 bits per heavy atom. The zero-order valence-electron chi connectivity index (χ0n) is 22.7. The minimum atomic E-state index is -1.44. The Balaban J connectivity index is 1.29. The summed E-state index contributed by atoms with van der Waals surface area (Å²) in [6, 6.07) is 16.2. The molecule has 0 bridgehead atoms. The first kappa shape index (κ1) is 30.0. The Bertz CT molecular complexity index is 1480. The maximum absolute atomic E-state index is 15.4. The number of fused-ring (bicyclic) bond motifs is 3. The van der Waals surface area contributed by atoms with Gasteiger partial charge in [0.15, 0.2) is 6.17 Å². The second-order valence-electron chi connectivity index (χ2n) is 9.09. The molecule has 3 aromatic rings. The molecule has 0 aromatic heterocycles. The van der Waals surface area contributed by atoms with Gasteiger partial charge in [0.25, 0.3) is 0 Å². The summed E-state index contributed by atoms with van der Waals surface area (Å²) in [6.45, 7) is 6.77. The second kappa shape index (κ2) is 14.1. The van der Waals surface area contributed by atoms with Crippen molar-refractivity contribution in [2.75, 3.05) is 33.0 Å². The molecule has 0 saturated heterocycles. The largest absolute Gasteiger partial charge is 0.493 e. The van der Waals surface area contributed by atoms with Crippen LogP contribution in [-0.4, -0.2) is 56.0 Å². The van der Waals surface area contributed by atoms with Crippen molar-refractivity contribution in [1.29, 1.82) is 0 Å². The van der Waals surface area contributed by atoms with Crippen molar-refractivity contribution in [2.24, 2.45) is 0 Å². The predicted molar refractivity (Wildman–Crippen MR) is 150 cm³/mol. The third kappa shape index (κ3) is 7.41. The summed E-state index contributed by atoms with van der Waals surface area (Å²) in [5.74, 6) is -0.674. The number of aliphatic hydroxyl groups is 1. The van der Waals surface area contributed by atoms with Crippen LogP contribution < -0.4 is 14.2 Å². The van der Waals surface area contributed by atoms with E-state index in [1.807, 2.05) is 0 Å². The minimum absolute atomic E-state index is 0.0180. The van der Waals surface area contributed by atoms with Crippen LogP contribution in [0.3, 0.4) is 0 Å². The lowest BCUT2D eigenvalue weighted by Crippen LogP contribution is -2.12. The van der Waals surface area contributed by atoms with E-state index in [4.69, 9.17) is 28.8 Å². The number of ether oxygens (including phenoxy) is 5. The number of halogens is 1. The van der Waals surface area contributed by atoms with Crippen LogP contribution in [0.25, 0.3) is 11.1 Å². The molecule has 0 radical (unpaired) electrons. The average Bonchev–Trinajstić information content (AvgIpc) is 3.28. The fourth-order valence-electron chi connectivity index (χ4n) is 4.11. The number of esters is 3. The van der Waals surface area contributed by atoms with Gasteiger partial charge >= 0.3 is 17.9 Å².